The second kappa shape index (κ2) is 4.87. The van der Waals surface area contributed by atoms with Crippen LogP contribution in [0.1, 0.15) is 27.9 Å². The van der Waals surface area contributed by atoms with Gasteiger partial charge >= 0.3 is 6.18 Å². The lowest BCUT2D eigenvalue weighted by Crippen LogP contribution is -2.10. The Hall–Kier alpha value is -1.03. The van der Waals surface area contributed by atoms with E-state index >= 15 is 0 Å². The van der Waals surface area contributed by atoms with Crippen LogP contribution in [-0.4, -0.2) is 11.7 Å². The van der Waals surface area contributed by atoms with Gasteiger partial charge in [0.05, 0.1) is 5.56 Å². The van der Waals surface area contributed by atoms with Crippen LogP contribution in [-0.2, 0) is 6.18 Å². The van der Waals surface area contributed by atoms with Crippen LogP contribution in [0.2, 0.25) is 0 Å². The first-order valence-electron chi connectivity index (χ1n) is 4.63. The van der Waals surface area contributed by atoms with Crippen molar-refractivity contribution in [1.82, 2.24) is 0 Å². The number of halogens is 4. The molecule has 0 saturated heterocycles. The monoisotopic (exact) mass is 250 g/mol. The number of carbonyl (C=O) groups is 1. The summed E-state index contributed by atoms with van der Waals surface area (Å²) in [4.78, 5) is 11.4. The van der Waals surface area contributed by atoms with E-state index in [1.165, 1.54) is 19.1 Å². The molecule has 1 rings (SSSR count). The molecule has 0 aliphatic carbocycles. The quantitative estimate of drug-likeness (QED) is 0.589. The highest BCUT2D eigenvalue weighted by atomic mass is 35.5. The van der Waals surface area contributed by atoms with E-state index in [4.69, 9.17) is 11.6 Å². The van der Waals surface area contributed by atoms with Crippen molar-refractivity contribution in [1.29, 1.82) is 0 Å². The molecule has 1 aromatic carbocycles. The zero-order valence-electron chi connectivity index (χ0n) is 8.57. The van der Waals surface area contributed by atoms with Crippen molar-refractivity contribution in [2.45, 2.75) is 19.5 Å². The van der Waals surface area contributed by atoms with E-state index in [1.54, 1.807) is 0 Å². The minimum Gasteiger partial charge on any atom is -0.294 e. The molecule has 88 valence electrons. The SMILES string of the molecule is Cc1ccc(C(=O)CCCl)cc1C(F)(F)F. The Balaban J connectivity index is 3.13. The summed E-state index contributed by atoms with van der Waals surface area (Å²) in [7, 11) is 0. The molecule has 0 fully saturated rings. The molecule has 0 unspecified atom stereocenters. The van der Waals surface area contributed by atoms with Crippen molar-refractivity contribution in [3.05, 3.63) is 34.9 Å². The number of ketones is 1. The molecule has 0 bridgehead atoms. The van der Waals surface area contributed by atoms with Crippen molar-refractivity contribution in [2.75, 3.05) is 5.88 Å². The average molecular weight is 251 g/mol. The molecule has 1 nitrogen and oxygen atoms in total. The van der Waals surface area contributed by atoms with Crippen LogP contribution in [0.15, 0.2) is 18.2 Å². The van der Waals surface area contributed by atoms with Crippen LogP contribution in [0.25, 0.3) is 0 Å². The third-order valence-electron chi connectivity index (χ3n) is 2.19. The fourth-order valence-corrected chi connectivity index (χ4v) is 1.50. The van der Waals surface area contributed by atoms with Gasteiger partial charge in [0.25, 0.3) is 0 Å². The molecule has 0 aromatic heterocycles. The maximum atomic E-state index is 12.5. The topological polar surface area (TPSA) is 17.1 Å². The van der Waals surface area contributed by atoms with Crippen LogP contribution in [0.4, 0.5) is 13.2 Å². The first kappa shape index (κ1) is 13.0. The molecule has 5 heteroatoms. The molecule has 0 saturated carbocycles. The van der Waals surface area contributed by atoms with Crippen molar-refractivity contribution < 1.29 is 18.0 Å². The Morgan fingerprint density at radius 2 is 2.00 bits per heavy atom. The van der Waals surface area contributed by atoms with Crippen molar-refractivity contribution >= 4 is 17.4 Å². The van der Waals surface area contributed by atoms with Crippen molar-refractivity contribution in [3.8, 4) is 0 Å². The van der Waals surface area contributed by atoms with E-state index in [-0.39, 0.29) is 29.2 Å². The standard InChI is InChI=1S/C11H10ClF3O/c1-7-2-3-8(10(16)4-5-12)6-9(7)11(13,14)15/h2-3,6H,4-5H2,1H3. The zero-order valence-corrected chi connectivity index (χ0v) is 9.32. The smallest absolute Gasteiger partial charge is 0.294 e. The average Bonchev–Trinajstić information content (AvgIpc) is 2.16. The highest BCUT2D eigenvalue weighted by molar-refractivity contribution is 6.19. The van der Waals surface area contributed by atoms with Crippen LogP contribution >= 0.6 is 11.6 Å². The Kier molecular flexibility index (Phi) is 3.97. The normalized spacial score (nSPS) is 11.6. The second-order valence-electron chi connectivity index (χ2n) is 3.39. The molecule has 0 aliphatic heterocycles. The Labute approximate surface area is 96.2 Å². The summed E-state index contributed by atoms with van der Waals surface area (Å²) in [5.41, 5.74) is -0.610. The number of benzene rings is 1. The van der Waals surface area contributed by atoms with Crippen LogP contribution < -0.4 is 0 Å². The molecule has 0 amide bonds. The number of Topliss-reactive ketones (excluding diaryl/α,β-unsaturated/α-hetero) is 1. The lowest BCUT2D eigenvalue weighted by atomic mass is 10.0. The Morgan fingerprint density at radius 3 is 2.50 bits per heavy atom. The number of aryl methyl sites for hydroxylation is 1. The molecule has 1 aromatic rings. The fourth-order valence-electron chi connectivity index (χ4n) is 1.33. The molecule has 0 heterocycles. The zero-order chi connectivity index (χ0) is 12.3. The van der Waals surface area contributed by atoms with Gasteiger partial charge in [0.15, 0.2) is 5.78 Å². The first-order valence-corrected chi connectivity index (χ1v) is 5.16. The van der Waals surface area contributed by atoms with Gasteiger partial charge in [-0.1, -0.05) is 12.1 Å². The molecule has 0 N–H and O–H groups in total. The van der Waals surface area contributed by atoms with Gasteiger partial charge < -0.3 is 0 Å². The number of carbonyl (C=O) groups excluding carboxylic acids is 1. The van der Waals surface area contributed by atoms with Gasteiger partial charge in [-0.15, -0.1) is 11.6 Å². The Morgan fingerprint density at radius 1 is 1.38 bits per heavy atom. The predicted molar refractivity (Wildman–Crippen MR) is 55.8 cm³/mol. The molecule has 0 spiro atoms. The van der Waals surface area contributed by atoms with Gasteiger partial charge in [-0.25, -0.2) is 0 Å². The van der Waals surface area contributed by atoms with E-state index in [0.717, 1.165) is 6.07 Å². The molecular formula is C11H10ClF3O. The van der Waals surface area contributed by atoms with E-state index in [2.05, 4.69) is 0 Å². The molecule has 0 atom stereocenters. The largest absolute Gasteiger partial charge is 0.416 e. The van der Waals surface area contributed by atoms with Gasteiger partial charge in [0, 0.05) is 17.9 Å². The van der Waals surface area contributed by atoms with Crippen molar-refractivity contribution in [2.24, 2.45) is 0 Å². The third-order valence-corrected chi connectivity index (χ3v) is 2.38. The minimum absolute atomic E-state index is 0.0436. The predicted octanol–water partition coefficient (Wildman–Crippen LogP) is 3.83. The van der Waals surface area contributed by atoms with E-state index in [0.29, 0.717) is 0 Å². The number of rotatable bonds is 3. The first-order chi connectivity index (χ1) is 7.36. The minimum atomic E-state index is -4.43. The summed E-state index contributed by atoms with van der Waals surface area (Å²) in [6.45, 7) is 1.36. The Bertz CT molecular complexity index is 399. The summed E-state index contributed by atoms with van der Waals surface area (Å²) >= 11 is 5.36. The summed E-state index contributed by atoms with van der Waals surface area (Å²) in [6.07, 6.45) is -4.39. The van der Waals surface area contributed by atoms with Gasteiger partial charge in [0.2, 0.25) is 0 Å². The van der Waals surface area contributed by atoms with Crippen molar-refractivity contribution in [3.63, 3.8) is 0 Å². The van der Waals surface area contributed by atoms with Gasteiger partial charge in [-0.05, 0) is 18.6 Å². The maximum Gasteiger partial charge on any atom is 0.416 e. The summed E-state index contributed by atoms with van der Waals surface area (Å²) in [5, 5.41) is 0. The lowest BCUT2D eigenvalue weighted by molar-refractivity contribution is -0.138. The maximum absolute atomic E-state index is 12.5. The van der Waals surface area contributed by atoms with E-state index in [1.807, 2.05) is 0 Å². The van der Waals surface area contributed by atoms with E-state index in [9.17, 15) is 18.0 Å². The second-order valence-corrected chi connectivity index (χ2v) is 3.77. The third kappa shape index (κ3) is 2.98. The van der Waals surface area contributed by atoms with Gasteiger partial charge in [-0.3, -0.25) is 4.79 Å². The molecule has 16 heavy (non-hydrogen) atoms. The summed E-state index contributed by atoms with van der Waals surface area (Å²) in [6, 6.07) is 3.56. The van der Waals surface area contributed by atoms with Crippen LogP contribution in [0.3, 0.4) is 0 Å². The molecule has 0 aliphatic rings. The summed E-state index contributed by atoms with van der Waals surface area (Å²) < 4.78 is 37.6. The lowest BCUT2D eigenvalue weighted by Gasteiger charge is -2.11. The number of alkyl halides is 4. The molecular weight excluding hydrogens is 241 g/mol. The highest BCUT2D eigenvalue weighted by Crippen LogP contribution is 2.32. The highest BCUT2D eigenvalue weighted by Gasteiger charge is 2.32. The van der Waals surface area contributed by atoms with Crippen LogP contribution in [0.5, 0.6) is 0 Å². The van der Waals surface area contributed by atoms with Crippen LogP contribution in [0, 0.1) is 6.92 Å². The van der Waals surface area contributed by atoms with E-state index < -0.39 is 11.7 Å². The van der Waals surface area contributed by atoms with Gasteiger partial charge in [-0.2, -0.15) is 13.2 Å². The molecule has 0 radical (unpaired) electrons. The number of hydrogen-bond acceptors (Lipinski definition) is 1. The van der Waals surface area contributed by atoms with Gasteiger partial charge in [0.1, 0.15) is 0 Å². The fraction of sp³-hybridized carbons (Fsp3) is 0.364. The summed E-state index contributed by atoms with van der Waals surface area (Å²) in [5.74, 6) is -0.269. The number of hydrogen-bond donors (Lipinski definition) is 0.